The van der Waals surface area contributed by atoms with E-state index < -0.39 is 0 Å². The first kappa shape index (κ1) is 12.6. The summed E-state index contributed by atoms with van der Waals surface area (Å²) in [6.45, 7) is 4.89. The number of piperidine rings is 1. The molecule has 0 aromatic carbocycles. The Bertz CT molecular complexity index is 369. The number of amides is 1. The minimum Gasteiger partial charge on any atom is -0.351 e. The second-order valence-electron chi connectivity index (χ2n) is 4.70. The van der Waals surface area contributed by atoms with Crippen LogP contribution in [0.2, 0.25) is 0 Å². The Morgan fingerprint density at radius 1 is 1.53 bits per heavy atom. The molecule has 1 aliphatic rings. The zero-order valence-corrected chi connectivity index (χ0v) is 11.1. The summed E-state index contributed by atoms with van der Waals surface area (Å²) in [6.07, 6.45) is 2.95. The normalized spacial score (nSPS) is 17.0. The number of nitrogens with one attached hydrogen (secondary N) is 2. The summed E-state index contributed by atoms with van der Waals surface area (Å²) in [5.41, 5.74) is 1.28. The molecular formula is C13H20N2OS. The predicted molar refractivity (Wildman–Crippen MR) is 71.1 cm³/mol. The lowest BCUT2D eigenvalue weighted by molar-refractivity contribution is -0.122. The Hall–Kier alpha value is -0.870. The Morgan fingerprint density at radius 2 is 2.29 bits per heavy atom. The van der Waals surface area contributed by atoms with Gasteiger partial charge in [0, 0.05) is 11.3 Å². The molecule has 1 amide bonds. The fraction of sp³-hybridized carbons (Fsp3) is 0.615. The van der Waals surface area contributed by atoms with Crippen molar-refractivity contribution in [1.29, 1.82) is 0 Å². The van der Waals surface area contributed by atoms with Gasteiger partial charge in [0.25, 0.3) is 0 Å². The summed E-state index contributed by atoms with van der Waals surface area (Å²) in [6, 6.07) is 2.10. The molecule has 0 aliphatic carbocycles. The third-order valence-electron chi connectivity index (χ3n) is 3.35. The van der Waals surface area contributed by atoms with Crippen LogP contribution >= 0.6 is 11.3 Å². The number of hydrogen-bond acceptors (Lipinski definition) is 3. The molecule has 2 rings (SSSR count). The van der Waals surface area contributed by atoms with Gasteiger partial charge in [-0.1, -0.05) is 0 Å². The van der Waals surface area contributed by atoms with E-state index in [2.05, 4.69) is 29.0 Å². The van der Waals surface area contributed by atoms with Crippen molar-refractivity contribution >= 4 is 17.2 Å². The van der Waals surface area contributed by atoms with Gasteiger partial charge in [0.1, 0.15) is 0 Å². The van der Waals surface area contributed by atoms with Gasteiger partial charge in [0.2, 0.25) is 5.91 Å². The van der Waals surface area contributed by atoms with E-state index in [9.17, 15) is 4.79 Å². The highest BCUT2D eigenvalue weighted by Gasteiger charge is 2.16. The zero-order valence-electron chi connectivity index (χ0n) is 10.3. The predicted octanol–water partition coefficient (Wildman–Crippen LogP) is 2.06. The number of aryl methyl sites for hydroxylation is 1. The largest absolute Gasteiger partial charge is 0.351 e. The Labute approximate surface area is 107 Å². The number of thiophene rings is 1. The molecule has 0 atom stereocenters. The van der Waals surface area contributed by atoms with E-state index in [1.807, 2.05) is 0 Å². The molecular weight excluding hydrogens is 232 g/mol. The SMILES string of the molecule is Cc1ccsc1CNC(=O)CC1CCNCC1. The van der Waals surface area contributed by atoms with Gasteiger partial charge in [-0.3, -0.25) is 4.79 Å². The summed E-state index contributed by atoms with van der Waals surface area (Å²) in [4.78, 5) is 13.1. The second-order valence-corrected chi connectivity index (χ2v) is 5.70. The fourth-order valence-corrected chi connectivity index (χ4v) is 3.03. The average Bonchev–Trinajstić information content (AvgIpc) is 2.74. The number of hydrogen-bond donors (Lipinski definition) is 2. The van der Waals surface area contributed by atoms with Crippen LogP contribution in [0.4, 0.5) is 0 Å². The molecule has 1 aromatic rings. The quantitative estimate of drug-likeness (QED) is 0.861. The van der Waals surface area contributed by atoms with Crippen LogP contribution in [-0.2, 0) is 11.3 Å². The van der Waals surface area contributed by atoms with Gasteiger partial charge >= 0.3 is 0 Å². The van der Waals surface area contributed by atoms with Crippen LogP contribution in [0.25, 0.3) is 0 Å². The molecule has 0 saturated carbocycles. The molecule has 2 heterocycles. The van der Waals surface area contributed by atoms with Crippen molar-refractivity contribution in [3.63, 3.8) is 0 Å². The Morgan fingerprint density at radius 3 is 2.94 bits per heavy atom. The van der Waals surface area contributed by atoms with Gasteiger partial charge in [-0.2, -0.15) is 0 Å². The highest BCUT2D eigenvalue weighted by molar-refractivity contribution is 7.10. The van der Waals surface area contributed by atoms with Crippen LogP contribution in [0.1, 0.15) is 29.7 Å². The van der Waals surface area contributed by atoms with Crippen molar-refractivity contribution in [1.82, 2.24) is 10.6 Å². The Balaban J connectivity index is 1.72. The van der Waals surface area contributed by atoms with Crippen LogP contribution in [0.5, 0.6) is 0 Å². The van der Waals surface area contributed by atoms with Crippen LogP contribution in [0.15, 0.2) is 11.4 Å². The van der Waals surface area contributed by atoms with Crippen molar-refractivity contribution in [2.45, 2.75) is 32.7 Å². The molecule has 2 N–H and O–H groups in total. The first-order valence-corrected chi connectivity index (χ1v) is 7.14. The summed E-state index contributed by atoms with van der Waals surface area (Å²) >= 11 is 1.71. The molecule has 1 aromatic heterocycles. The molecule has 1 fully saturated rings. The average molecular weight is 252 g/mol. The van der Waals surface area contributed by atoms with Crippen LogP contribution in [-0.4, -0.2) is 19.0 Å². The third kappa shape index (κ3) is 3.82. The highest BCUT2D eigenvalue weighted by atomic mass is 32.1. The summed E-state index contributed by atoms with van der Waals surface area (Å²) in [5, 5.41) is 8.42. The van der Waals surface area contributed by atoms with E-state index in [0.29, 0.717) is 18.9 Å². The number of carbonyl (C=O) groups is 1. The minimum atomic E-state index is 0.199. The van der Waals surface area contributed by atoms with E-state index in [1.165, 1.54) is 10.4 Å². The van der Waals surface area contributed by atoms with Crippen LogP contribution in [0, 0.1) is 12.8 Å². The van der Waals surface area contributed by atoms with Gasteiger partial charge in [0.15, 0.2) is 0 Å². The standard InChI is InChI=1S/C13H20N2OS/c1-10-4-7-17-12(10)9-15-13(16)8-11-2-5-14-6-3-11/h4,7,11,14H,2-3,5-6,8-9H2,1H3,(H,15,16). The smallest absolute Gasteiger partial charge is 0.220 e. The molecule has 0 radical (unpaired) electrons. The summed E-state index contributed by atoms with van der Waals surface area (Å²) < 4.78 is 0. The molecule has 0 unspecified atom stereocenters. The highest BCUT2D eigenvalue weighted by Crippen LogP contribution is 2.17. The van der Waals surface area contributed by atoms with Crippen molar-refractivity contribution in [3.05, 3.63) is 21.9 Å². The first-order valence-electron chi connectivity index (χ1n) is 6.26. The minimum absolute atomic E-state index is 0.199. The van der Waals surface area contributed by atoms with Gasteiger partial charge in [-0.05, 0) is 55.8 Å². The third-order valence-corrected chi connectivity index (χ3v) is 4.37. The lowest BCUT2D eigenvalue weighted by atomic mass is 9.94. The van der Waals surface area contributed by atoms with Gasteiger partial charge in [0.05, 0.1) is 6.54 Å². The number of rotatable bonds is 4. The van der Waals surface area contributed by atoms with Crippen molar-refractivity contribution in [2.24, 2.45) is 5.92 Å². The van der Waals surface area contributed by atoms with Crippen LogP contribution < -0.4 is 10.6 Å². The summed E-state index contributed by atoms with van der Waals surface area (Å²) in [5.74, 6) is 0.769. The maximum atomic E-state index is 11.8. The maximum absolute atomic E-state index is 11.8. The van der Waals surface area contributed by atoms with Gasteiger partial charge in [-0.25, -0.2) is 0 Å². The number of carbonyl (C=O) groups excluding carboxylic acids is 1. The molecule has 4 heteroatoms. The van der Waals surface area contributed by atoms with Gasteiger partial charge < -0.3 is 10.6 Å². The topological polar surface area (TPSA) is 41.1 Å². The molecule has 3 nitrogen and oxygen atoms in total. The molecule has 0 spiro atoms. The lowest BCUT2D eigenvalue weighted by Crippen LogP contribution is -2.32. The van der Waals surface area contributed by atoms with E-state index in [1.54, 1.807) is 11.3 Å². The van der Waals surface area contributed by atoms with E-state index in [4.69, 9.17) is 0 Å². The van der Waals surface area contributed by atoms with Crippen molar-refractivity contribution in [3.8, 4) is 0 Å². The Kier molecular flexibility index (Phi) is 4.57. The fourth-order valence-electron chi connectivity index (χ4n) is 2.18. The van der Waals surface area contributed by atoms with Crippen molar-refractivity contribution < 1.29 is 4.79 Å². The lowest BCUT2D eigenvalue weighted by Gasteiger charge is -2.21. The molecule has 17 heavy (non-hydrogen) atoms. The van der Waals surface area contributed by atoms with E-state index in [-0.39, 0.29) is 5.91 Å². The maximum Gasteiger partial charge on any atom is 0.220 e. The first-order chi connectivity index (χ1) is 8.25. The molecule has 1 aliphatic heterocycles. The second kappa shape index (κ2) is 6.17. The van der Waals surface area contributed by atoms with E-state index >= 15 is 0 Å². The van der Waals surface area contributed by atoms with Gasteiger partial charge in [-0.15, -0.1) is 11.3 Å². The zero-order chi connectivity index (χ0) is 12.1. The molecule has 1 saturated heterocycles. The molecule has 94 valence electrons. The van der Waals surface area contributed by atoms with E-state index in [0.717, 1.165) is 25.9 Å². The molecule has 0 bridgehead atoms. The van der Waals surface area contributed by atoms with Crippen LogP contribution in [0.3, 0.4) is 0 Å². The van der Waals surface area contributed by atoms with Crippen molar-refractivity contribution in [2.75, 3.05) is 13.1 Å². The summed E-state index contributed by atoms with van der Waals surface area (Å²) in [7, 11) is 0. The monoisotopic (exact) mass is 252 g/mol.